The van der Waals surface area contributed by atoms with E-state index in [0.29, 0.717) is 5.92 Å². The molecule has 0 unspecified atom stereocenters. The summed E-state index contributed by atoms with van der Waals surface area (Å²) in [6.07, 6.45) is 6.78. The summed E-state index contributed by atoms with van der Waals surface area (Å²) in [5.74, 6) is 0.898. The standard InChI is InChI=1S/C25H37NO3/c1-17(2)25(27)22-10-9-21(16-23(22)18(3)20-7-6-8-20)26-13-11-19(12-14-26)15-24(28-4)29-5/h9-10,16-17,19,24H,6-8,11-15H2,1-5H3. The second kappa shape index (κ2) is 9.90. The summed E-state index contributed by atoms with van der Waals surface area (Å²) < 4.78 is 10.8. The molecule has 0 aromatic heterocycles. The minimum absolute atomic E-state index is 0.0176. The van der Waals surface area contributed by atoms with Gasteiger partial charge in [0.2, 0.25) is 0 Å². The maximum atomic E-state index is 12.8. The molecule has 0 spiro atoms. The number of nitrogens with zero attached hydrogens (tertiary/aromatic N) is 1. The molecule has 3 rings (SSSR count). The van der Waals surface area contributed by atoms with Gasteiger partial charge < -0.3 is 14.4 Å². The number of piperidine rings is 1. The Bertz CT molecular complexity index is 734. The lowest BCUT2D eigenvalue weighted by Gasteiger charge is -2.35. The molecular formula is C25H37NO3. The predicted molar refractivity (Wildman–Crippen MR) is 119 cm³/mol. The van der Waals surface area contributed by atoms with Crippen LogP contribution in [0.25, 0.3) is 5.57 Å². The molecule has 160 valence electrons. The van der Waals surface area contributed by atoms with Gasteiger partial charge in [-0.15, -0.1) is 0 Å². The van der Waals surface area contributed by atoms with Crippen molar-refractivity contribution in [2.24, 2.45) is 11.8 Å². The van der Waals surface area contributed by atoms with Crippen molar-refractivity contribution in [1.29, 1.82) is 0 Å². The number of carbonyl (C=O) groups is 1. The van der Waals surface area contributed by atoms with Crippen LogP contribution in [0, 0.1) is 11.8 Å². The van der Waals surface area contributed by atoms with Crippen LogP contribution in [0.1, 0.15) is 75.2 Å². The Labute approximate surface area is 176 Å². The maximum Gasteiger partial charge on any atom is 0.166 e. The third-order valence-corrected chi connectivity index (χ3v) is 6.72. The number of hydrogen-bond donors (Lipinski definition) is 0. The first-order valence-corrected chi connectivity index (χ1v) is 11.1. The predicted octanol–water partition coefficient (Wildman–Crippen LogP) is 5.71. The lowest BCUT2D eigenvalue weighted by Crippen LogP contribution is -2.35. The van der Waals surface area contributed by atoms with E-state index < -0.39 is 0 Å². The van der Waals surface area contributed by atoms with Gasteiger partial charge in [-0.2, -0.15) is 0 Å². The minimum Gasteiger partial charge on any atom is -0.371 e. The molecule has 29 heavy (non-hydrogen) atoms. The number of hydrogen-bond acceptors (Lipinski definition) is 4. The van der Waals surface area contributed by atoms with E-state index in [4.69, 9.17) is 9.47 Å². The number of ether oxygens (including phenoxy) is 2. The quantitative estimate of drug-likeness (QED) is 0.415. The molecule has 1 aliphatic carbocycles. The van der Waals surface area contributed by atoms with Crippen molar-refractivity contribution >= 4 is 17.0 Å². The zero-order valence-corrected chi connectivity index (χ0v) is 18.8. The Morgan fingerprint density at radius 2 is 1.76 bits per heavy atom. The van der Waals surface area contributed by atoms with Crippen LogP contribution in [-0.2, 0) is 9.47 Å². The third kappa shape index (κ3) is 5.10. The van der Waals surface area contributed by atoms with Crippen LogP contribution in [-0.4, -0.2) is 39.4 Å². The molecule has 0 radical (unpaired) electrons. The average molecular weight is 400 g/mol. The van der Waals surface area contributed by atoms with Gasteiger partial charge in [0.05, 0.1) is 0 Å². The molecule has 1 saturated heterocycles. The van der Waals surface area contributed by atoms with E-state index in [-0.39, 0.29) is 18.0 Å². The highest BCUT2D eigenvalue weighted by atomic mass is 16.7. The average Bonchev–Trinajstić information content (AvgIpc) is 2.70. The molecule has 2 fully saturated rings. The van der Waals surface area contributed by atoms with Gasteiger partial charge in [-0.3, -0.25) is 4.79 Å². The highest BCUT2D eigenvalue weighted by Crippen LogP contribution is 2.37. The molecule has 1 aromatic carbocycles. The molecule has 1 saturated carbocycles. The number of allylic oxidation sites excluding steroid dienone is 2. The topological polar surface area (TPSA) is 38.8 Å². The van der Waals surface area contributed by atoms with E-state index in [1.54, 1.807) is 14.2 Å². The number of methoxy groups -OCH3 is 2. The van der Waals surface area contributed by atoms with Crippen molar-refractivity contribution < 1.29 is 14.3 Å². The highest BCUT2D eigenvalue weighted by Gasteiger charge is 2.25. The molecule has 0 bridgehead atoms. The monoisotopic (exact) mass is 399 g/mol. The van der Waals surface area contributed by atoms with E-state index in [0.717, 1.165) is 43.5 Å². The summed E-state index contributed by atoms with van der Waals surface area (Å²) in [6, 6.07) is 6.47. The van der Waals surface area contributed by atoms with Crippen molar-refractivity contribution in [3.63, 3.8) is 0 Å². The first kappa shape index (κ1) is 22.0. The zero-order valence-electron chi connectivity index (χ0n) is 18.8. The van der Waals surface area contributed by atoms with Crippen LogP contribution >= 0.6 is 0 Å². The molecule has 1 heterocycles. The molecular weight excluding hydrogens is 362 g/mol. The largest absolute Gasteiger partial charge is 0.371 e. The van der Waals surface area contributed by atoms with Gasteiger partial charge in [0.15, 0.2) is 12.1 Å². The molecule has 2 aliphatic rings. The van der Waals surface area contributed by atoms with Gasteiger partial charge in [0, 0.05) is 50.9 Å². The fourth-order valence-electron chi connectivity index (χ4n) is 4.47. The Kier molecular flexibility index (Phi) is 7.53. The molecule has 4 nitrogen and oxygen atoms in total. The number of benzene rings is 1. The fraction of sp³-hybridized carbons (Fsp3) is 0.640. The molecule has 4 heteroatoms. The van der Waals surface area contributed by atoms with Crippen molar-refractivity contribution in [3.8, 4) is 0 Å². The SMILES string of the molecule is COC(CC1CCN(c2ccc(C(=O)C(C)C)c(C(C)=C3CCC3)c2)CC1)OC. The molecule has 0 N–H and O–H groups in total. The number of Topliss-reactive ketones (excluding diaryl/α,β-unsaturated/α-hetero) is 1. The number of rotatable bonds is 8. The Hall–Kier alpha value is -1.65. The first-order chi connectivity index (χ1) is 13.9. The zero-order chi connectivity index (χ0) is 21.0. The molecule has 1 aliphatic heterocycles. The Balaban J connectivity index is 1.78. The number of carbonyl (C=O) groups excluding carboxylic acids is 1. The van der Waals surface area contributed by atoms with Gasteiger partial charge in [0.1, 0.15) is 0 Å². The third-order valence-electron chi connectivity index (χ3n) is 6.72. The molecule has 0 atom stereocenters. The van der Waals surface area contributed by atoms with Gasteiger partial charge in [-0.25, -0.2) is 0 Å². The van der Waals surface area contributed by atoms with Crippen molar-refractivity contribution in [1.82, 2.24) is 0 Å². The van der Waals surface area contributed by atoms with E-state index in [1.165, 1.54) is 36.1 Å². The van der Waals surface area contributed by atoms with E-state index in [1.807, 2.05) is 13.8 Å². The minimum atomic E-state index is -0.101. The van der Waals surface area contributed by atoms with Crippen LogP contribution in [0.4, 0.5) is 5.69 Å². The summed E-state index contributed by atoms with van der Waals surface area (Å²) in [7, 11) is 3.42. The van der Waals surface area contributed by atoms with Gasteiger partial charge >= 0.3 is 0 Å². The van der Waals surface area contributed by atoms with Gasteiger partial charge in [-0.05, 0) is 74.3 Å². The summed E-state index contributed by atoms with van der Waals surface area (Å²) in [6.45, 7) is 8.26. The van der Waals surface area contributed by atoms with Crippen LogP contribution in [0.15, 0.2) is 23.8 Å². The van der Waals surface area contributed by atoms with Crippen molar-refractivity contribution in [3.05, 3.63) is 34.9 Å². The maximum absolute atomic E-state index is 12.8. The second-order valence-electron chi connectivity index (χ2n) is 8.90. The Morgan fingerprint density at radius 3 is 2.28 bits per heavy atom. The summed E-state index contributed by atoms with van der Waals surface area (Å²) in [4.78, 5) is 15.3. The normalized spacial score (nSPS) is 17.8. The summed E-state index contributed by atoms with van der Waals surface area (Å²) in [5, 5.41) is 0. The lowest BCUT2D eigenvalue weighted by molar-refractivity contribution is -0.115. The molecule has 1 aromatic rings. The van der Waals surface area contributed by atoms with E-state index in [9.17, 15) is 4.79 Å². The summed E-state index contributed by atoms with van der Waals surface area (Å²) in [5.41, 5.74) is 6.12. The Morgan fingerprint density at radius 1 is 1.10 bits per heavy atom. The van der Waals surface area contributed by atoms with Crippen LogP contribution in [0.5, 0.6) is 0 Å². The second-order valence-corrected chi connectivity index (χ2v) is 8.90. The van der Waals surface area contributed by atoms with Crippen LogP contribution < -0.4 is 4.90 Å². The fourth-order valence-corrected chi connectivity index (χ4v) is 4.47. The lowest BCUT2D eigenvalue weighted by atomic mass is 9.83. The van der Waals surface area contributed by atoms with Gasteiger partial charge in [0.25, 0.3) is 0 Å². The highest BCUT2D eigenvalue weighted by molar-refractivity contribution is 6.02. The van der Waals surface area contributed by atoms with Crippen LogP contribution in [0.2, 0.25) is 0 Å². The molecule has 0 amide bonds. The van der Waals surface area contributed by atoms with Crippen molar-refractivity contribution in [2.45, 2.75) is 65.6 Å². The number of anilines is 1. The first-order valence-electron chi connectivity index (χ1n) is 11.1. The number of ketones is 1. The van der Waals surface area contributed by atoms with E-state index in [2.05, 4.69) is 30.0 Å². The van der Waals surface area contributed by atoms with Crippen LogP contribution in [0.3, 0.4) is 0 Å². The van der Waals surface area contributed by atoms with E-state index >= 15 is 0 Å². The smallest absolute Gasteiger partial charge is 0.166 e. The van der Waals surface area contributed by atoms with Gasteiger partial charge in [-0.1, -0.05) is 19.4 Å². The summed E-state index contributed by atoms with van der Waals surface area (Å²) >= 11 is 0. The van der Waals surface area contributed by atoms with Crippen molar-refractivity contribution in [2.75, 3.05) is 32.2 Å².